The van der Waals surface area contributed by atoms with Gasteiger partial charge >= 0.3 is 0 Å². The first kappa shape index (κ1) is 14.1. The molecule has 1 aromatic rings. The molecule has 1 fully saturated rings. The Labute approximate surface area is 117 Å². The molecular formula is C13H17ClN2O3. The number of para-hydroxylation sites is 1. The van der Waals surface area contributed by atoms with E-state index in [1.54, 1.807) is 12.1 Å². The Kier molecular flexibility index (Phi) is 4.99. The fraction of sp³-hybridized carbons (Fsp3) is 0.538. The molecule has 0 aliphatic carbocycles. The van der Waals surface area contributed by atoms with E-state index in [4.69, 9.17) is 16.3 Å². The van der Waals surface area contributed by atoms with E-state index in [0.717, 1.165) is 25.9 Å². The summed E-state index contributed by atoms with van der Waals surface area (Å²) >= 11 is 6.00. The Bertz CT molecular complexity index is 448. The highest BCUT2D eigenvalue weighted by molar-refractivity contribution is 6.33. The van der Waals surface area contributed by atoms with Gasteiger partial charge in [0.25, 0.3) is 5.69 Å². The van der Waals surface area contributed by atoms with Gasteiger partial charge in [-0.05, 0) is 31.7 Å². The Hall–Kier alpha value is -1.33. The zero-order valence-electron chi connectivity index (χ0n) is 10.6. The van der Waals surface area contributed by atoms with Gasteiger partial charge < -0.3 is 10.1 Å². The summed E-state index contributed by atoms with van der Waals surface area (Å²) in [5.74, 6) is 0. The summed E-state index contributed by atoms with van der Waals surface area (Å²) in [6, 6.07) is 4.68. The van der Waals surface area contributed by atoms with E-state index in [9.17, 15) is 10.1 Å². The van der Waals surface area contributed by atoms with E-state index in [2.05, 4.69) is 5.32 Å². The molecule has 0 spiro atoms. The maximum Gasteiger partial charge on any atom is 0.293 e. The van der Waals surface area contributed by atoms with E-state index < -0.39 is 4.92 Å². The van der Waals surface area contributed by atoms with Crippen molar-refractivity contribution in [3.63, 3.8) is 0 Å². The number of nitrogens with one attached hydrogen (secondary N) is 1. The highest BCUT2D eigenvalue weighted by Gasteiger charge is 2.17. The minimum atomic E-state index is -0.425. The molecule has 5 nitrogen and oxygen atoms in total. The second-order valence-corrected chi connectivity index (χ2v) is 5.00. The molecule has 2 rings (SSSR count). The van der Waals surface area contributed by atoms with E-state index >= 15 is 0 Å². The largest absolute Gasteiger partial charge is 0.378 e. The summed E-state index contributed by atoms with van der Waals surface area (Å²) in [4.78, 5) is 10.5. The molecule has 1 N–H and O–H groups in total. The Balaban J connectivity index is 1.93. The van der Waals surface area contributed by atoms with Gasteiger partial charge in [0, 0.05) is 19.2 Å². The molecule has 1 unspecified atom stereocenters. The summed E-state index contributed by atoms with van der Waals surface area (Å²) in [5, 5.41) is 14.4. The van der Waals surface area contributed by atoms with Crippen LogP contribution in [0.5, 0.6) is 0 Å². The van der Waals surface area contributed by atoms with Crippen LogP contribution < -0.4 is 5.32 Å². The normalized spacial score (nSPS) is 19.1. The van der Waals surface area contributed by atoms with Crippen molar-refractivity contribution < 1.29 is 9.66 Å². The molecular weight excluding hydrogens is 268 g/mol. The molecule has 0 radical (unpaired) electrons. The maximum absolute atomic E-state index is 10.9. The molecule has 0 bridgehead atoms. The van der Waals surface area contributed by atoms with E-state index in [-0.39, 0.29) is 11.8 Å². The monoisotopic (exact) mass is 284 g/mol. The smallest absolute Gasteiger partial charge is 0.293 e. The number of nitro groups is 1. The molecule has 0 aromatic heterocycles. The summed E-state index contributed by atoms with van der Waals surface area (Å²) in [5.41, 5.74) is 0.405. The third kappa shape index (κ3) is 3.81. The first-order chi connectivity index (χ1) is 9.18. The topological polar surface area (TPSA) is 64.4 Å². The number of rotatable bonds is 5. The molecule has 0 saturated carbocycles. The van der Waals surface area contributed by atoms with Crippen LogP contribution in [-0.2, 0) is 4.74 Å². The number of hydrogen-bond acceptors (Lipinski definition) is 4. The van der Waals surface area contributed by atoms with Crippen LogP contribution in [0.3, 0.4) is 0 Å². The molecule has 6 heteroatoms. The summed E-state index contributed by atoms with van der Waals surface area (Å²) in [6.45, 7) is 1.44. The fourth-order valence-electron chi connectivity index (χ4n) is 2.23. The Morgan fingerprint density at radius 2 is 2.32 bits per heavy atom. The molecule has 1 saturated heterocycles. The number of benzene rings is 1. The van der Waals surface area contributed by atoms with Crippen molar-refractivity contribution >= 4 is 23.0 Å². The predicted molar refractivity (Wildman–Crippen MR) is 74.8 cm³/mol. The van der Waals surface area contributed by atoms with E-state index in [0.29, 0.717) is 17.3 Å². The number of anilines is 1. The van der Waals surface area contributed by atoms with Crippen molar-refractivity contribution in [3.05, 3.63) is 33.3 Å². The lowest BCUT2D eigenvalue weighted by Gasteiger charge is -2.22. The second kappa shape index (κ2) is 6.73. The fourth-order valence-corrected chi connectivity index (χ4v) is 2.47. The van der Waals surface area contributed by atoms with Gasteiger partial charge in [-0.15, -0.1) is 0 Å². The number of nitrogens with zero attached hydrogens (tertiary/aromatic N) is 1. The summed E-state index contributed by atoms with van der Waals surface area (Å²) < 4.78 is 5.62. The molecule has 19 heavy (non-hydrogen) atoms. The van der Waals surface area contributed by atoms with Gasteiger partial charge in [0.1, 0.15) is 5.69 Å². The van der Waals surface area contributed by atoms with Crippen LogP contribution in [0.1, 0.15) is 25.7 Å². The van der Waals surface area contributed by atoms with Gasteiger partial charge in [-0.25, -0.2) is 0 Å². The predicted octanol–water partition coefficient (Wildman–Crippen LogP) is 3.62. The molecule has 1 aliphatic rings. The molecule has 104 valence electrons. The lowest BCUT2D eigenvalue weighted by atomic mass is 10.1. The van der Waals surface area contributed by atoms with E-state index in [1.807, 2.05) is 0 Å². The van der Waals surface area contributed by atoms with Crippen molar-refractivity contribution in [2.75, 3.05) is 18.5 Å². The van der Waals surface area contributed by atoms with Gasteiger partial charge in [0.15, 0.2) is 0 Å². The standard InChI is InChI=1S/C13H17ClN2O3/c14-11-5-3-6-12(16(17)18)13(11)15-8-7-10-4-1-2-9-19-10/h3,5-6,10,15H,1-2,4,7-9H2. The number of ether oxygens (including phenoxy) is 1. The molecule has 1 atom stereocenters. The first-order valence-electron chi connectivity index (χ1n) is 6.47. The van der Waals surface area contributed by atoms with Crippen LogP contribution in [0.25, 0.3) is 0 Å². The van der Waals surface area contributed by atoms with Crippen LogP contribution in [0.2, 0.25) is 5.02 Å². The second-order valence-electron chi connectivity index (χ2n) is 4.60. The molecule has 0 amide bonds. The SMILES string of the molecule is O=[N+]([O-])c1cccc(Cl)c1NCCC1CCCCO1. The third-order valence-electron chi connectivity index (χ3n) is 3.23. The van der Waals surface area contributed by atoms with Gasteiger partial charge in [-0.3, -0.25) is 10.1 Å². The average molecular weight is 285 g/mol. The third-order valence-corrected chi connectivity index (χ3v) is 3.55. The highest BCUT2D eigenvalue weighted by atomic mass is 35.5. The summed E-state index contributed by atoms with van der Waals surface area (Å²) in [6.07, 6.45) is 4.47. The number of hydrogen-bond donors (Lipinski definition) is 1. The van der Waals surface area contributed by atoms with Crippen LogP contribution in [-0.4, -0.2) is 24.2 Å². The van der Waals surface area contributed by atoms with Crippen LogP contribution >= 0.6 is 11.6 Å². The average Bonchev–Trinajstić information content (AvgIpc) is 2.41. The molecule has 1 aliphatic heterocycles. The lowest BCUT2D eigenvalue weighted by molar-refractivity contribution is -0.383. The molecule has 1 heterocycles. The minimum absolute atomic E-state index is 0.0112. The minimum Gasteiger partial charge on any atom is -0.378 e. The quantitative estimate of drug-likeness (QED) is 0.662. The highest BCUT2D eigenvalue weighted by Crippen LogP contribution is 2.31. The zero-order valence-corrected chi connectivity index (χ0v) is 11.4. The van der Waals surface area contributed by atoms with Crippen molar-refractivity contribution in [3.8, 4) is 0 Å². The van der Waals surface area contributed by atoms with Crippen molar-refractivity contribution in [2.24, 2.45) is 0 Å². The van der Waals surface area contributed by atoms with Crippen LogP contribution in [0.15, 0.2) is 18.2 Å². The Morgan fingerprint density at radius 1 is 1.47 bits per heavy atom. The van der Waals surface area contributed by atoms with Crippen molar-refractivity contribution in [1.82, 2.24) is 0 Å². The molecule has 1 aromatic carbocycles. The Morgan fingerprint density at radius 3 is 3.00 bits per heavy atom. The maximum atomic E-state index is 10.9. The lowest BCUT2D eigenvalue weighted by Crippen LogP contribution is -2.22. The zero-order chi connectivity index (χ0) is 13.7. The van der Waals surface area contributed by atoms with Crippen LogP contribution in [0.4, 0.5) is 11.4 Å². The van der Waals surface area contributed by atoms with Gasteiger partial charge in [-0.2, -0.15) is 0 Å². The summed E-state index contributed by atoms with van der Waals surface area (Å²) in [7, 11) is 0. The van der Waals surface area contributed by atoms with Crippen molar-refractivity contribution in [1.29, 1.82) is 0 Å². The number of nitro benzene ring substituents is 1. The van der Waals surface area contributed by atoms with Crippen LogP contribution in [0, 0.1) is 10.1 Å². The van der Waals surface area contributed by atoms with Gasteiger partial charge in [0.05, 0.1) is 16.0 Å². The van der Waals surface area contributed by atoms with Gasteiger partial charge in [0.2, 0.25) is 0 Å². The first-order valence-corrected chi connectivity index (χ1v) is 6.84. The van der Waals surface area contributed by atoms with Crippen molar-refractivity contribution in [2.45, 2.75) is 31.8 Å². The number of halogens is 1. The van der Waals surface area contributed by atoms with Gasteiger partial charge in [-0.1, -0.05) is 17.7 Å². The van der Waals surface area contributed by atoms with E-state index in [1.165, 1.54) is 12.5 Å².